The molecule has 0 radical (unpaired) electrons. The zero-order valence-corrected chi connectivity index (χ0v) is 16.9. The SMILES string of the molecule is c1ccc(CNc2cc(Nc3nc(-c4ccccc4)nc4ccccc34)ccn2)cc1. The van der Waals surface area contributed by atoms with Crippen molar-refractivity contribution in [2.45, 2.75) is 6.54 Å². The van der Waals surface area contributed by atoms with Gasteiger partial charge in [0.2, 0.25) is 0 Å². The van der Waals surface area contributed by atoms with Gasteiger partial charge in [0.15, 0.2) is 5.82 Å². The first kappa shape index (κ1) is 18.8. The third kappa shape index (κ3) is 4.36. The summed E-state index contributed by atoms with van der Waals surface area (Å²) < 4.78 is 0. The van der Waals surface area contributed by atoms with E-state index in [9.17, 15) is 0 Å². The van der Waals surface area contributed by atoms with Crippen molar-refractivity contribution in [2.75, 3.05) is 10.6 Å². The van der Waals surface area contributed by atoms with Gasteiger partial charge in [-0.1, -0.05) is 72.8 Å². The molecule has 0 atom stereocenters. The number of pyridine rings is 1. The van der Waals surface area contributed by atoms with Gasteiger partial charge in [0, 0.05) is 35.4 Å². The molecule has 2 aromatic heterocycles. The van der Waals surface area contributed by atoms with Gasteiger partial charge >= 0.3 is 0 Å². The number of aromatic nitrogens is 3. The maximum atomic E-state index is 4.83. The molecule has 3 aromatic carbocycles. The van der Waals surface area contributed by atoms with E-state index in [1.807, 2.05) is 84.9 Å². The van der Waals surface area contributed by atoms with Crippen LogP contribution in [0.4, 0.5) is 17.3 Å². The summed E-state index contributed by atoms with van der Waals surface area (Å²) in [7, 11) is 0. The summed E-state index contributed by atoms with van der Waals surface area (Å²) in [5.74, 6) is 2.26. The number of hydrogen-bond acceptors (Lipinski definition) is 5. The van der Waals surface area contributed by atoms with E-state index in [0.29, 0.717) is 12.4 Å². The molecular formula is C26H21N5. The van der Waals surface area contributed by atoms with Gasteiger partial charge in [0.1, 0.15) is 11.6 Å². The Morgan fingerprint density at radius 2 is 1.45 bits per heavy atom. The van der Waals surface area contributed by atoms with E-state index in [1.54, 1.807) is 6.20 Å². The lowest BCUT2D eigenvalue weighted by molar-refractivity contribution is 1.11. The number of rotatable bonds is 6. The highest BCUT2D eigenvalue weighted by atomic mass is 15.0. The lowest BCUT2D eigenvalue weighted by atomic mass is 10.2. The number of para-hydroxylation sites is 1. The molecule has 0 bridgehead atoms. The first-order chi connectivity index (χ1) is 15.3. The highest BCUT2D eigenvalue weighted by Gasteiger charge is 2.10. The third-order valence-electron chi connectivity index (χ3n) is 4.97. The molecular weight excluding hydrogens is 382 g/mol. The van der Waals surface area contributed by atoms with Crippen molar-refractivity contribution >= 4 is 28.2 Å². The molecule has 0 spiro atoms. The summed E-state index contributed by atoms with van der Waals surface area (Å²) in [5.41, 5.74) is 4.00. The fourth-order valence-corrected chi connectivity index (χ4v) is 3.42. The van der Waals surface area contributed by atoms with Gasteiger partial charge in [-0.2, -0.15) is 0 Å². The van der Waals surface area contributed by atoms with Crippen LogP contribution in [0.15, 0.2) is 103 Å². The minimum Gasteiger partial charge on any atom is -0.366 e. The average molecular weight is 403 g/mol. The van der Waals surface area contributed by atoms with Gasteiger partial charge in [-0.3, -0.25) is 0 Å². The van der Waals surface area contributed by atoms with Crippen LogP contribution < -0.4 is 10.6 Å². The van der Waals surface area contributed by atoms with E-state index in [-0.39, 0.29) is 0 Å². The van der Waals surface area contributed by atoms with E-state index in [1.165, 1.54) is 5.56 Å². The lowest BCUT2D eigenvalue weighted by Gasteiger charge is -2.12. The third-order valence-corrected chi connectivity index (χ3v) is 4.97. The van der Waals surface area contributed by atoms with Gasteiger partial charge in [-0.05, 0) is 23.8 Å². The van der Waals surface area contributed by atoms with Gasteiger partial charge in [-0.15, -0.1) is 0 Å². The summed E-state index contributed by atoms with van der Waals surface area (Å²) in [4.78, 5) is 14.0. The lowest BCUT2D eigenvalue weighted by Crippen LogP contribution is -2.03. The largest absolute Gasteiger partial charge is 0.366 e. The van der Waals surface area contributed by atoms with Crippen molar-refractivity contribution in [1.29, 1.82) is 0 Å². The number of hydrogen-bond donors (Lipinski definition) is 2. The van der Waals surface area contributed by atoms with Crippen LogP contribution in [-0.4, -0.2) is 15.0 Å². The smallest absolute Gasteiger partial charge is 0.162 e. The minimum absolute atomic E-state index is 0.693. The Labute approximate surface area is 180 Å². The Kier molecular flexibility index (Phi) is 5.22. The van der Waals surface area contributed by atoms with E-state index < -0.39 is 0 Å². The molecule has 0 aliphatic heterocycles. The van der Waals surface area contributed by atoms with Crippen molar-refractivity contribution in [3.8, 4) is 11.4 Å². The van der Waals surface area contributed by atoms with Crippen LogP contribution in [0.2, 0.25) is 0 Å². The molecule has 0 fully saturated rings. The predicted molar refractivity (Wildman–Crippen MR) is 126 cm³/mol. The van der Waals surface area contributed by atoms with Crippen LogP contribution in [0, 0.1) is 0 Å². The Hall–Kier alpha value is -4.25. The average Bonchev–Trinajstić information content (AvgIpc) is 2.84. The summed E-state index contributed by atoms with van der Waals surface area (Å²) in [5, 5.41) is 7.81. The van der Waals surface area contributed by atoms with Crippen LogP contribution in [0.5, 0.6) is 0 Å². The van der Waals surface area contributed by atoms with Crippen molar-refractivity contribution in [3.63, 3.8) is 0 Å². The number of nitrogens with zero attached hydrogens (tertiary/aromatic N) is 3. The first-order valence-corrected chi connectivity index (χ1v) is 10.2. The van der Waals surface area contributed by atoms with Gasteiger partial charge in [-0.25, -0.2) is 15.0 Å². The predicted octanol–water partition coefficient (Wildman–Crippen LogP) is 6.05. The van der Waals surface area contributed by atoms with Crippen molar-refractivity contribution < 1.29 is 0 Å². The summed E-state index contributed by atoms with van der Waals surface area (Å²) in [6, 6.07) is 32.2. The van der Waals surface area contributed by atoms with Crippen LogP contribution in [0.3, 0.4) is 0 Å². The zero-order valence-electron chi connectivity index (χ0n) is 16.9. The van der Waals surface area contributed by atoms with Crippen molar-refractivity contribution in [1.82, 2.24) is 15.0 Å². The highest BCUT2D eigenvalue weighted by Crippen LogP contribution is 2.27. The molecule has 5 nitrogen and oxygen atoms in total. The second-order valence-electron chi connectivity index (χ2n) is 7.17. The summed E-state index contributed by atoms with van der Waals surface area (Å²) in [6.45, 7) is 0.714. The van der Waals surface area contributed by atoms with Crippen LogP contribution in [0.25, 0.3) is 22.3 Å². The highest BCUT2D eigenvalue weighted by molar-refractivity contribution is 5.92. The van der Waals surface area contributed by atoms with E-state index in [2.05, 4.69) is 27.8 Å². The van der Waals surface area contributed by atoms with E-state index in [0.717, 1.165) is 33.8 Å². The molecule has 2 N–H and O–H groups in total. The fraction of sp³-hybridized carbons (Fsp3) is 0.0385. The minimum atomic E-state index is 0.693. The van der Waals surface area contributed by atoms with Gasteiger partial charge < -0.3 is 10.6 Å². The maximum Gasteiger partial charge on any atom is 0.162 e. The van der Waals surface area contributed by atoms with Crippen LogP contribution >= 0.6 is 0 Å². The number of nitrogens with one attached hydrogen (secondary N) is 2. The molecule has 0 aliphatic rings. The molecule has 5 heteroatoms. The van der Waals surface area contributed by atoms with Crippen molar-refractivity contribution in [2.24, 2.45) is 0 Å². The molecule has 2 heterocycles. The van der Waals surface area contributed by atoms with E-state index >= 15 is 0 Å². The topological polar surface area (TPSA) is 62.7 Å². The monoisotopic (exact) mass is 403 g/mol. The number of benzene rings is 3. The second-order valence-corrected chi connectivity index (χ2v) is 7.17. The summed E-state index contributed by atoms with van der Waals surface area (Å²) >= 11 is 0. The Bertz CT molecular complexity index is 1300. The molecule has 0 amide bonds. The maximum absolute atomic E-state index is 4.83. The molecule has 5 rings (SSSR count). The van der Waals surface area contributed by atoms with E-state index in [4.69, 9.17) is 9.97 Å². The van der Waals surface area contributed by atoms with Crippen LogP contribution in [0.1, 0.15) is 5.56 Å². The first-order valence-electron chi connectivity index (χ1n) is 10.2. The van der Waals surface area contributed by atoms with Crippen LogP contribution in [-0.2, 0) is 6.54 Å². The Morgan fingerprint density at radius 1 is 0.710 bits per heavy atom. The second kappa shape index (κ2) is 8.63. The normalized spacial score (nSPS) is 10.7. The fourth-order valence-electron chi connectivity index (χ4n) is 3.42. The zero-order chi connectivity index (χ0) is 20.9. The standard InChI is InChI=1S/C26H21N5/c1-3-9-19(10-4-1)18-28-24-17-21(15-16-27-24)29-26-22-13-7-8-14-23(22)30-25(31-26)20-11-5-2-6-12-20/h1-17H,18H2,(H2,27,28,29,30,31). The Balaban J connectivity index is 1.45. The molecule has 5 aromatic rings. The molecule has 0 saturated heterocycles. The number of anilines is 3. The quantitative estimate of drug-likeness (QED) is 0.361. The molecule has 0 unspecified atom stereocenters. The number of fused-ring (bicyclic) bond motifs is 1. The molecule has 31 heavy (non-hydrogen) atoms. The molecule has 0 aliphatic carbocycles. The Morgan fingerprint density at radius 3 is 2.29 bits per heavy atom. The van der Waals surface area contributed by atoms with Gasteiger partial charge in [0.05, 0.1) is 5.52 Å². The van der Waals surface area contributed by atoms with Gasteiger partial charge in [0.25, 0.3) is 0 Å². The van der Waals surface area contributed by atoms with Crippen molar-refractivity contribution in [3.05, 3.63) is 109 Å². The molecule has 150 valence electrons. The molecule has 0 saturated carbocycles. The summed E-state index contributed by atoms with van der Waals surface area (Å²) in [6.07, 6.45) is 1.79.